The van der Waals surface area contributed by atoms with Gasteiger partial charge in [-0.05, 0) is 43.2 Å². The van der Waals surface area contributed by atoms with Gasteiger partial charge >= 0.3 is 0 Å². The lowest BCUT2D eigenvalue weighted by atomic mass is 9.97. The van der Waals surface area contributed by atoms with Crippen molar-refractivity contribution in [3.05, 3.63) is 59.2 Å². The number of nitrogens with zero attached hydrogens (tertiary/aromatic N) is 2. The predicted octanol–water partition coefficient (Wildman–Crippen LogP) is 4.05. The first-order chi connectivity index (χ1) is 11.7. The van der Waals surface area contributed by atoms with Crippen LogP contribution >= 0.6 is 0 Å². The summed E-state index contributed by atoms with van der Waals surface area (Å²) >= 11 is 0. The number of ether oxygens (including phenoxy) is 2. The van der Waals surface area contributed by atoms with Crippen LogP contribution in [-0.2, 0) is 11.3 Å². The van der Waals surface area contributed by atoms with Crippen LogP contribution in [-0.4, -0.2) is 19.8 Å². The summed E-state index contributed by atoms with van der Waals surface area (Å²) in [5.74, 6) is 0.861. The van der Waals surface area contributed by atoms with Crippen LogP contribution in [0.15, 0.2) is 42.5 Å². The molecule has 0 saturated carbocycles. The van der Waals surface area contributed by atoms with E-state index in [0.29, 0.717) is 19.8 Å². The number of anilines is 1. The summed E-state index contributed by atoms with van der Waals surface area (Å²) in [6, 6.07) is 16.3. The standard InChI is InChI=1S/C20H22N2O2/c1-3-23-18-8-5-7-17(12-18)22-10-11-24-15(2)19-9-4-6-16(13-21)20(19)14-22/h4-9,12,15H,3,10-11,14H2,1-2H3. The Balaban J connectivity index is 1.98. The number of fused-ring (bicyclic) bond motifs is 1. The highest BCUT2D eigenvalue weighted by atomic mass is 16.5. The van der Waals surface area contributed by atoms with E-state index >= 15 is 0 Å². The minimum atomic E-state index is 0.00482. The number of benzene rings is 2. The number of rotatable bonds is 3. The van der Waals surface area contributed by atoms with Crippen LogP contribution in [0.1, 0.15) is 36.6 Å². The van der Waals surface area contributed by atoms with Crippen molar-refractivity contribution in [3.63, 3.8) is 0 Å². The van der Waals surface area contributed by atoms with Crippen molar-refractivity contribution in [2.75, 3.05) is 24.7 Å². The van der Waals surface area contributed by atoms with Gasteiger partial charge in [-0.1, -0.05) is 18.2 Å². The Morgan fingerprint density at radius 1 is 1.29 bits per heavy atom. The molecule has 0 spiro atoms. The first kappa shape index (κ1) is 16.4. The topological polar surface area (TPSA) is 45.5 Å². The van der Waals surface area contributed by atoms with Crippen molar-refractivity contribution in [2.24, 2.45) is 0 Å². The largest absolute Gasteiger partial charge is 0.494 e. The van der Waals surface area contributed by atoms with E-state index in [-0.39, 0.29) is 6.10 Å². The van der Waals surface area contributed by atoms with Gasteiger partial charge in [-0.15, -0.1) is 0 Å². The molecule has 2 aromatic rings. The summed E-state index contributed by atoms with van der Waals surface area (Å²) in [6.07, 6.45) is 0.00482. The third kappa shape index (κ3) is 3.37. The van der Waals surface area contributed by atoms with Gasteiger partial charge in [0.1, 0.15) is 5.75 Å². The Bertz CT molecular complexity index is 752. The second-order valence-electron chi connectivity index (χ2n) is 5.85. The molecule has 1 aliphatic rings. The fourth-order valence-electron chi connectivity index (χ4n) is 3.12. The van der Waals surface area contributed by atoms with Gasteiger partial charge in [0, 0.05) is 24.8 Å². The van der Waals surface area contributed by atoms with Crippen molar-refractivity contribution in [2.45, 2.75) is 26.5 Å². The van der Waals surface area contributed by atoms with E-state index in [1.807, 2.05) is 44.2 Å². The number of nitriles is 1. The SMILES string of the molecule is CCOc1cccc(N2CCOC(C)c3cccc(C#N)c3C2)c1. The van der Waals surface area contributed by atoms with E-state index in [1.54, 1.807) is 0 Å². The zero-order valence-corrected chi connectivity index (χ0v) is 14.2. The Hall–Kier alpha value is -2.51. The van der Waals surface area contributed by atoms with E-state index in [4.69, 9.17) is 9.47 Å². The van der Waals surface area contributed by atoms with E-state index in [9.17, 15) is 5.26 Å². The van der Waals surface area contributed by atoms with Crippen molar-refractivity contribution >= 4 is 5.69 Å². The maximum Gasteiger partial charge on any atom is 0.121 e. The Morgan fingerprint density at radius 2 is 2.12 bits per heavy atom. The van der Waals surface area contributed by atoms with Crippen molar-refractivity contribution in [1.29, 1.82) is 5.26 Å². The van der Waals surface area contributed by atoms with E-state index in [1.165, 1.54) is 0 Å². The van der Waals surface area contributed by atoms with Crippen LogP contribution in [0.25, 0.3) is 0 Å². The third-order valence-electron chi connectivity index (χ3n) is 4.34. The Morgan fingerprint density at radius 3 is 2.92 bits per heavy atom. The van der Waals surface area contributed by atoms with Crippen molar-refractivity contribution in [3.8, 4) is 11.8 Å². The lowest BCUT2D eigenvalue weighted by Gasteiger charge is -2.31. The van der Waals surface area contributed by atoms with Crippen LogP contribution < -0.4 is 9.64 Å². The Labute approximate surface area is 143 Å². The molecule has 0 aromatic heterocycles. The summed E-state index contributed by atoms with van der Waals surface area (Å²) < 4.78 is 11.6. The molecule has 1 atom stereocenters. The lowest BCUT2D eigenvalue weighted by molar-refractivity contribution is 0.0672. The molecule has 0 radical (unpaired) electrons. The molecule has 124 valence electrons. The highest BCUT2D eigenvalue weighted by Gasteiger charge is 2.21. The second-order valence-corrected chi connectivity index (χ2v) is 5.85. The summed E-state index contributed by atoms with van der Waals surface area (Å²) in [6.45, 7) is 6.79. The van der Waals surface area contributed by atoms with Crippen LogP contribution in [0, 0.1) is 11.3 Å². The average molecular weight is 322 g/mol. The monoisotopic (exact) mass is 322 g/mol. The van der Waals surface area contributed by atoms with E-state index in [2.05, 4.69) is 23.1 Å². The van der Waals surface area contributed by atoms with E-state index < -0.39 is 0 Å². The van der Waals surface area contributed by atoms with Crippen LogP contribution in [0.4, 0.5) is 5.69 Å². The highest BCUT2D eigenvalue weighted by Crippen LogP contribution is 2.30. The zero-order chi connectivity index (χ0) is 16.9. The number of hydrogen-bond donors (Lipinski definition) is 0. The lowest BCUT2D eigenvalue weighted by Crippen LogP contribution is -2.30. The second kappa shape index (κ2) is 7.37. The summed E-state index contributed by atoms with van der Waals surface area (Å²) in [4.78, 5) is 2.24. The molecule has 0 saturated heterocycles. The first-order valence-electron chi connectivity index (χ1n) is 8.34. The molecular formula is C20H22N2O2. The van der Waals surface area contributed by atoms with Gasteiger partial charge < -0.3 is 14.4 Å². The molecule has 0 aliphatic carbocycles. The third-order valence-corrected chi connectivity index (χ3v) is 4.34. The quantitative estimate of drug-likeness (QED) is 0.855. The van der Waals surface area contributed by atoms with Gasteiger partial charge in [-0.25, -0.2) is 0 Å². The fourth-order valence-corrected chi connectivity index (χ4v) is 3.12. The fraction of sp³-hybridized carbons (Fsp3) is 0.350. The molecule has 1 heterocycles. The molecule has 1 unspecified atom stereocenters. The molecule has 0 amide bonds. The number of hydrogen-bond acceptors (Lipinski definition) is 4. The minimum Gasteiger partial charge on any atom is -0.494 e. The van der Waals surface area contributed by atoms with Gasteiger partial charge in [-0.2, -0.15) is 5.26 Å². The molecule has 24 heavy (non-hydrogen) atoms. The normalized spacial score (nSPS) is 17.4. The predicted molar refractivity (Wildman–Crippen MR) is 94.2 cm³/mol. The summed E-state index contributed by atoms with van der Waals surface area (Å²) in [5, 5.41) is 9.48. The average Bonchev–Trinajstić information content (AvgIpc) is 2.59. The van der Waals surface area contributed by atoms with Crippen molar-refractivity contribution < 1.29 is 9.47 Å². The van der Waals surface area contributed by atoms with Crippen LogP contribution in [0.5, 0.6) is 5.75 Å². The van der Waals surface area contributed by atoms with Gasteiger partial charge in [0.2, 0.25) is 0 Å². The molecule has 2 aromatic carbocycles. The molecular weight excluding hydrogens is 300 g/mol. The maximum absolute atomic E-state index is 9.48. The first-order valence-corrected chi connectivity index (χ1v) is 8.34. The van der Waals surface area contributed by atoms with Crippen LogP contribution in [0.2, 0.25) is 0 Å². The summed E-state index contributed by atoms with van der Waals surface area (Å²) in [7, 11) is 0. The molecule has 4 heteroatoms. The van der Waals surface area contributed by atoms with Gasteiger partial charge in [0.25, 0.3) is 0 Å². The highest BCUT2D eigenvalue weighted by molar-refractivity contribution is 5.54. The molecule has 1 aliphatic heterocycles. The van der Waals surface area contributed by atoms with Gasteiger partial charge in [-0.3, -0.25) is 0 Å². The molecule has 0 fully saturated rings. The van der Waals surface area contributed by atoms with Crippen LogP contribution in [0.3, 0.4) is 0 Å². The zero-order valence-electron chi connectivity index (χ0n) is 14.2. The minimum absolute atomic E-state index is 0.00482. The Kier molecular flexibility index (Phi) is 5.02. The molecule has 0 N–H and O–H groups in total. The molecule has 4 nitrogen and oxygen atoms in total. The smallest absolute Gasteiger partial charge is 0.121 e. The van der Waals surface area contributed by atoms with Crippen molar-refractivity contribution in [1.82, 2.24) is 0 Å². The molecule has 0 bridgehead atoms. The summed E-state index contributed by atoms with van der Waals surface area (Å²) in [5.41, 5.74) is 3.95. The van der Waals surface area contributed by atoms with Gasteiger partial charge in [0.15, 0.2) is 0 Å². The maximum atomic E-state index is 9.48. The van der Waals surface area contributed by atoms with Gasteiger partial charge in [0.05, 0.1) is 31.0 Å². The van der Waals surface area contributed by atoms with E-state index in [0.717, 1.165) is 34.7 Å². The molecule has 3 rings (SSSR count).